The number of rotatable bonds is 4. The zero-order chi connectivity index (χ0) is 13.8. The minimum Gasteiger partial charge on any atom is -0.366 e. The van der Waals surface area contributed by atoms with Gasteiger partial charge in [0, 0.05) is 13.0 Å². The van der Waals surface area contributed by atoms with E-state index in [4.69, 9.17) is 5.73 Å². The molecule has 1 fully saturated rings. The third-order valence-corrected chi connectivity index (χ3v) is 3.48. The van der Waals surface area contributed by atoms with E-state index in [1.165, 1.54) is 0 Å². The van der Waals surface area contributed by atoms with Crippen molar-refractivity contribution in [3.8, 4) is 0 Å². The summed E-state index contributed by atoms with van der Waals surface area (Å²) in [4.78, 5) is 25.3. The second-order valence-electron chi connectivity index (χ2n) is 4.97. The number of hydrogen-bond donors (Lipinski definition) is 1. The highest BCUT2D eigenvalue weighted by molar-refractivity contribution is 6.04. The van der Waals surface area contributed by atoms with E-state index in [9.17, 15) is 9.59 Å². The summed E-state index contributed by atoms with van der Waals surface area (Å²) in [5, 5.41) is 0. The lowest BCUT2D eigenvalue weighted by Gasteiger charge is -2.28. The molecule has 0 saturated carbocycles. The summed E-state index contributed by atoms with van der Waals surface area (Å²) in [5.74, 6) is -0.386. The first kappa shape index (κ1) is 13.6. The molecular formula is C15H20N2O2. The third-order valence-electron chi connectivity index (χ3n) is 3.48. The van der Waals surface area contributed by atoms with Crippen molar-refractivity contribution < 1.29 is 9.59 Å². The van der Waals surface area contributed by atoms with Crippen molar-refractivity contribution in [2.45, 2.75) is 39.0 Å². The molecule has 0 unspecified atom stereocenters. The molecule has 2 rings (SSSR count). The van der Waals surface area contributed by atoms with Crippen LogP contribution in [0.25, 0.3) is 0 Å². The summed E-state index contributed by atoms with van der Waals surface area (Å²) >= 11 is 0. The van der Waals surface area contributed by atoms with Crippen LogP contribution in [0.15, 0.2) is 18.2 Å². The quantitative estimate of drug-likeness (QED) is 0.902. The standard InChI is InChI=1S/C15H20N2O2/c1-2-5-11-7-8-13(12(10-11)15(16)19)17-9-4-3-6-14(17)18/h7-8,10H,2-6,9H2,1H3,(H2,16,19). The number of hydrogen-bond acceptors (Lipinski definition) is 2. The molecule has 0 bridgehead atoms. The molecule has 2 amide bonds. The minimum atomic E-state index is -0.466. The normalized spacial score (nSPS) is 15.6. The molecule has 0 radical (unpaired) electrons. The van der Waals surface area contributed by atoms with Gasteiger partial charge < -0.3 is 10.6 Å². The molecule has 19 heavy (non-hydrogen) atoms. The molecular weight excluding hydrogens is 240 g/mol. The predicted molar refractivity (Wildman–Crippen MR) is 75.2 cm³/mol. The maximum atomic E-state index is 12.0. The number of benzene rings is 1. The highest BCUT2D eigenvalue weighted by Gasteiger charge is 2.23. The molecule has 1 aromatic rings. The lowest BCUT2D eigenvalue weighted by Crippen LogP contribution is -2.36. The Labute approximate surface area is 113 Å². The van der Waals surface area contributed by atoms with E-state index >= 15 is 0 Å². The first-order valence-electron chi connectivity index (χ1n) is 6.86. The van der Waals surface area contributed by atoms with Gasteiger partial charge in [-0.2, -0.15) is 0 Å². The zero-order valence-corrected chi connectivity index (χ0v) is 11.3. The van der Waals surface area contributed by atoms with Crippen LogP contribution in [0.5, 0.6) is 0 Å². The van der Waals surface area contributed by atoms with Gasteiger partial charge in [0.05, 0.1) is 11.3 Å². The summed E-state index contributed by atoms with van der Waals surface area (Å²) in [7, 11) is 0. The molecule has 0 atom stereocenters. The lowest BCUT2D eigenvalue weighted by molar-refractivity contribution is -0.119. The molecule has 1 aliphatic heterocycles. The predicted octanol–water partition coefficient (Wildman–Crippen LogP) is 2.25. The van der Waals surface area contributed by atoms with Crippen molar-refractivity contribution >= 4 is 17.5 Å². The average Bonchev–Trinajstić information content (AvgIpc) is 2.40. The fourth-order valence-corrected chi connectivity index (χ4v) is 2.52. The van der Waals surface area contributed by atoms with Gasteiger partial charge in [-0.1, -0.05) is 19.4 Å². The minimum absolute atomic E-state index is 0.0805. The first-order valence-corrected chi connectivity index (χ1v) is 6.86. The number of nitrogens with zero attached hydrogens (tertiary/aromatic N) is 1. The third kappa shape index (κ3) is 2.95. The molecule has 0 aliphatic carbocycles. The van der Waals surface area contributed by atoms with Crippen LogP contribution < -0.4 is 10.6 Å². The van der Waals surface area contributed by atoms with Gasteiger partial charge in [0.15, 0.2) is 0 Å². The number of aryl methyl sites for hydroxylation is 1. The Morgan fingerprint density at radius 1 is 1.37 bits per heavy atom. The van der Waals surface area contributed by atoms with Crippen molar-refractivity contribution in [2.24, 2.45) is 5.73 Å². The highest BCUT2D eigenvalue weighted by Crippen LogP contribution is 2.26. The smallest absolute Gasteiger partial charge is 0.250 e. The van der Waals surface area contributed by atoms with Gasteiger partial charge in [-0.3, -0.25) is 9.59 Å². The number of primary amides is 1. The summed E-state index contributed by atoms with van der Waals surface area (Å²) < 4.78 is 0. The molecule has 0 aromatic heterocycles. The van der Waals surface area contributed by atoms with E-state index in [-0.39, 0.29) is 5.91 Å². The Balaban J connectivity index is 2.38. The molecule has 1 saturated heterocycles. The fraction of sp³-hybridized carbons (Fsp3) is 0.467. The molecule has 1 aliphatic rings. The van der Waals surface area contributed by atoms with E-state index in [1.54, 1.807) is 4.90 Å². The fourth-order valence-electron chi connectivity index (χ4n) is 2.52. The van der Waals surface area contributed by atoms with E-state index in [0.29, 0.717) is 24.2 Å². The van der Waals surface area contributed by atoms with E-state index in [2.05, 4.69) is 6.92 Å². The van der Waals surface area contributed by atoms with Gasteiger partial charge in [0.2, 0.25) is 5.91 Å². The summed E-state index contributed by atoms with van der Waals surface area (Å²) in [6, 6.07) is 5.66. The SMILES string of the molecule is CCCc1ccc(N2CCCCC2=O)c(C(N)=O)c1. The molecule has 102 valence electrons. The van der Waals surface area contributed by atoms with Crippen LogP contribution in [0.1, 0.15) is 48.5 Å². The molecule has 2 N–H and O–H groups in total. The number of anilines is 1. The van der Waals surface area contributed by atoms with Crippen molar-refractivity contribution in [1.29, 1.82) is 0 Å². The largest absolute Gasteiger partial charge is 0.366 e. The van der Waals surface area contributed by atoms with Crippen LogP contribution in [0, 0.1) is 0 Å². The average molecular weight is 260 g/mol. The summed E-state index contributed by atoms with van der Waals surface area (Å²) in [6.45, 7) is 2.76. The number of carbonyl (C=O) groups is 2. The molecule has 4 nitrogen and oxygen atoms in total. The Hall–Kier alpha value is -1.84. The van der Waals surface area contributed by atoms with Crippen molar-refractivity contribution in [2.75, 3.05) is 11.4 Å². The topological polar surface area (TPSA) is 63.4 Å². The van der Waals surface area contributed by atoms with E-state index in [1.807, 2.05) is 18.2 Å². The number of piperidine rings is 1. The van der Waals surface area contributed by atoms with Crippen LogP contribution in [0.2, 0.25) is 0 Å². The Morgan fingerprint density at radius 2 is 2.16 bits per heavy atom. The van der Waals surface area contributed by atoms with Gasteiger partial charge in [0.25, 0.3) is 5.91 Å². The Bertz CT molecular complexity index is 497. The molecule has 0 spiro atoms. The number of carbonyl (C=O) groups excluding carboxylic acids is 2. The van der Waals surface area contributed by atoms with Crippen molar-refractivity contribution in [3.63, 3.8) is 0 Å². The second kappa shape index (κ2) is 5.87. The van der Waals surface area contributed by atoms with Gasteiger partial charge >= 0.3 is 0 Å². The summed E-state index contributed by atoms with van der Waals surface area (Å²) in [6.07, 6.45) is 4.37. The van der Waals surface area contributed by atoms with Crippen LogP contribution in [-0.2, 0) is 11.2 Å². The van der Waals surface area contributed by atoms with E-state index in [0.717, 1.165) is 31.2 Å². The van der Waals surface area contributed by atoms with Gasteiger partial charge in [0.1, 0.15) is 0 Å². The zero-order valence-electron chi connectivity index (χ0n) is 11.3. The maximum absolute atomic E-state index is 12.0. The lowest BCUT2D eigenvalue weighted by atomic mass is 10.0. The van der Waals surface area contributed by atoms with Crippen LogP contribution in [0.3, 0.4) is 0 Å². The highest BCUT2D eigenvalue weighted by atomic mass is 16.2. The van der Waals surface area contributed by atoms with Crippen LogP contribution >= 0.6 is 0 Å². The first-order chi connectivity index (χ1) is 9.13. The van der Waals surface area contributed by atoms with E-state index < -0.39 is 5.91 Å². The molecule has 4 heteroatoms. The molecule has 1 heterocycles. The van der Waals surface area contributed by atoms with Crippen molar-refractivity contribution in [1.82, 2.24) is 0 Å². The van der Waals surface area contributed by atoms with Crippen molar-refractivity contribution in [3.05, 3.63) is 29.3 Å². The monoisotopic (exact) mass is 260 g/mol. The Morgan fingerprint density at radius 3 is 2.79 bits per heavy atom. The van der Waals surface area contributed by atoms with Gasteiger partial charge in [-0.25, -0.2) is 0 Å². The summed E-state index contributed by atoms with van der Waals surface area (Å²) in [5.41, 5.74) is 7.67. The maximum Gasteiger partial charge on any atom is 0.250 e. The number of amides is 2. The van der Waals surface area contributed by atoms with Crippen LogP contribution in [0.4, 0.5) is 5.69 Å². The van der Waals surface area contributed by atoms with Crippen LogP contribution in [-0.4, -0.2) is 18.4 Å². The number of nitrogens with two attached hydrogens (primary N) is 1. The van der Waals surface area contributed by atoms with Gasteiger partial charge in [-0.05, 0) is 37.0 Å². The van der Waals surface area contributed by atoms with Gasteiger partial charge in [-0.15, -0.1) is 0 Å². The Kier molecular flexibility index (Phi) is 4.20. The molecule has 1 aromatic carbocycles. The second-order valence-corrected chi connectivity index (χ2v) is 4.97.